The van der Waals surface area contributed by atoms with Gasteiger partial charge in [-0.2, -0.15) is 4.52 Å². The molecule has 3 aromatic rings. The van der Waals surface area contributed by atoms with Crippen LogP contribution in [-0.4, -0.2) is 55.7 Å². The molecule has 0 saturated heterocycles. The van der Waals surface area contributed by atoms with E-state index in [0.717, 1.165) is 34.5 Å². The Morgan fingerprint density at radius 2 is 2.24 bits per heavy atom. The second-order valence-corrected chi connectivity index (χ2v) is 7.90. The van der Waals surface area contributed by atoms with Crippen molar-refractivity contribution in [2.75, 3.05) is 20.2 Å². The fraction of sp³-hybridized carbons (Fsp3) is 0.529. The van der Waals surface area contributed by atoms with Crippen molar-refractivity contribution in [3.05, 3.63) is 22.1 Å². The lowest BCUT2D eigenvalue weighted by Crippen LogP contribution is -2.30. The Hall–Kier alpha value is -2.06. The van der Waals surface area contributed by atoms with Crippen molar-refractivity contribution in [2.45, 2.75) is 33.1 Å². The summed E-state index contributed by atoms with van der Waals surface area (Å²) in [7, 11) is 1.64. The molecule has 1 atom stereocenters. The zero-order chi connectivity index (χ0) is 17.7. The highest BCUT2D eigenvalue weighted by molar-refractivity contribution is 7.19. The van der Waals surface area contributed by atoms with E-state index >= 15 is 0 Å². The number of hydrogen-bond donors (Lipinski definition) is 1. The van der Waals surface area contributed by atoms with Crippen LogP contribution in [0, 0.1) is 12.8 Å². The number of aliphatic hydroxyl groups is 1. The first kappa shape index (κ1) is 16.4. The third-order valence-corrected chi connectivity index (χ3v) is 6.05. The molecule has 0 radical (unpaired) electrons. The first-order chi connectivity index (χ1) is 12.0. The van der Waals surface area contributed by atoms with E-state index in [1.165, 1.54) is 21.8 Å². The predicted octanol–water partition coefficient (Wildman–Crippen LogP) is 1.84. The Labute approximate surface area is 149 Å². The number of aromatic nitrogens is 4. The molecule has 3 heterocycles. The maximum absolute atomic E-state index is 12.5. The zero-order valence-electron chi connectivity index (χ0n) is 14.6. The monoisotopic (exact) mass is 359 g/mol. The molecule has 0 unspecified atom stereocenters. The summed E-state index contributed by atoms with van der Waals surface area (Å²) in [5.41, 5.74) is 2.04. The molecule has 0 spiro atoms. The van der Waals surface area contributed by atoms with E-state index in [1.807, 2.05) is 6.92 Å². The van der Waals surface area contributed by atoms with Crippen LogP contribution in [0.15, 0.2) is 0 Å². The van der Waals surface area contributed by atoms with Gasteiger partial charge in [-0.15, -0.1) is 16.4 Å². The molecule has 1 N–H and O–H groups in total. The van der Waals surface area contributed by atoms with Crippen molar-refractivity contribution in [1.29, 1.82) is 0 Å². The van der Waals surface area contributed by atoms with Gasteiger partial charge in [-0.05, 0) is 37.7 Å². The van der Waals surface area contributed by atoms with Crippen LogP contribution in [0.1, 0.15) is 40.2 Å². The van der Waals surface area contributed by atoms with E-state index in [4.69, 9.17) is 10.1 Å². The van der Waals surface area contributed by atoms with Crippen LogP contribution < -0.4 is 0 Å². The number of amides is 1. The zero-order valence-corrected chi connectivity index (χ0v) is 15.4. The third-order valence-electron chi connectivity index (χ3n) is 4.86. The maximum Gasteiger partial charge on any atom is 0.293 e. The number of rotatable bonds is 3. The van der Waals surface area contributed by atoms with Crippen LogP contribution in [0.5, 0.6) is 0 Å². The molecule has 132 valence electrons. The number of thiophene rings is 1. The Morgan fingerprint density at radius 3 is 3.00 bits per heavy atom. The largest absolute Gasteiger partial charge is 0.395 e. The number of carbonyl (C=O) groups is 1. The Balaban J connectivity index is 1.91. The second kappa shape index (κ2) is 6.03. The van der Waals surface area contributed by atoms with Crippen molar-refractivity contribution in [1.82, 2.24) is 24.5 Å². The van der Waals surface area contributed by atoms with Crippen molar-refractivity contribution in [3.8, 4) is 0 Å². The first-order valence-electron chi connectivity index (χ1n) is 8.53. The minimum atomic E-state index is -0.289. The molecular formula is C17H21N5O2S. The van der Waals surface area contributed by atoms with Crippen LogP contribution in [0.3, 0.4) is 0 Å². The molecule has 3 aromatic heterocycles. The van der Waals surface area contributed by atoms with Crippen molar-refractivity contribution >= 4 is 33.1 Å². The average Bonchev–Trinajstić information content (AvgIpc) is 3.15. The Morgan fingerprint density at radius 1 is 1.44 bits per heavy atom. The van der Waals surface area contributed by atoms with Crippen LogP contribution in [0.25, 0.3) is 15.9 Å². The summed E-state index contributed by atoms with van der Waals surface area (Å²) in [6.07, 6.45) is 3.32. The number of carbonyl (C=O) groups excluding carboxylic acids is 1. The van der Waals surface area contributed by atoms with E-state index in [-0.39, 0.29) is 24.9 Å². The summed E-state index contributed by atoms with van der Waals surface area (Å²) in [4.78, 5) is 25.6. The van der Waals surface area contributed by atoms with Gasteiger partial charge in [0.05, 0.1) is 12.0 Å². The van der Waals surface area contributed by atoms with Gasteiger partial charge in [0.25, 0.3) is 5.91 Å². The van der Waals surface area contributed by atoms with Gasteiger partial charge < -0.3 is 10.0 Å². The van der Waals surface area contributed by atoms with Gasteiger partial charge in [-0.3, -0.25) is 4.79 Å². The minimum absolute atomic E-state index is 0.0869. The number of likely N-dealkylation sites (N-methyl/N-ethyl adjacent to an activating group) is 1. The third kappa shape index (κ3) is 2.60. The lowest BCUT2D eigenvalue weighted by molar-refractivity contribution is 0.0755. The molecule has 0 fully saturated rings. The van der Waals surface area contributed by atoms with Crippen LogP contribution in [0.4, 0.5) is 0 Å². The maximum atomic E-state index is 12.5. The SMILES string of the molecule is Cc1nc2sc3c(c2c2nc(C(=O)N(C)CCO)nn12)C[C@@H](C)CC3. The molecule has 25 heavy (non-hydrogen) atoms. The summed E-state index contributed by atoms with van der Waals surface area (Å²) in [6.45, 7) is 4.32. The lowest BCUT2D eigenvalue weighted by atomic mass is 9.89. The highest BCUT2D eigenvalue weighted by atomic mass is 32.1. The smallest absolute Gasteiger partial charge is 0.293 e. The molecular weight excluding hydrogens is 338 g/mol. The molecule has 4 rings (SSSR count). The summed E-state index contributed by atoms with van der Waals surface area (Å²) in [6, 6.07) is 0. The van der Waals surface area contributed by atoms with Gasteiger partial charge in [-0.1, -0.05) is 6.92 Å². The number of nitrogens with zero attached hydrogens (tertiary/aromatic N) is 5. The summed E-state index contributed by atoms with van der Waals surface area (Å²) < 4.78 is 1.68. The lowest BCUT2D eigenvalue weighted by Gasteiger charge is -2.17. The predicted molar refractivity (Wildman–Crippen MR) is 96.1 cm³/mol. The molecule has 1 aliphatic rings. The number of aryl methyl sites for hydroxylation is 2. The summed E-state index contributed by atoms with van der Waals surface area (Å²) in [5, 5.41) is 14.5. The standard InChI is InChI=1S/C17H21N5O2S/c1-9-4-5-12-11(8-9)13-15-19-14(17(24)21(3)6-7-23)20-22(15)10(2)18-16(13)25-12/h9,23H,4-8H2,1-3H3/t9-/m0/s1. The van der Waals surface area contributed by atoms with Gasteiger partial charge >= 0.3 is 0 Å². The topological polar surface area (TPSA) is 83.6 Å². The number of hydrogen-bond acceptors (Lipinski definition) is 6. The van der Waals surface area contributed by atoms with E-state index in [1.54, 1.807) is 22.9 Å². The van der Waals surface area contributed by atoms with Gasteiger partial charge in [0.15, 0.2) is 5.65 Å². The van der Waals surface area contributed by atoms with E-state index in [9.17, 15) is 4.79 Å². The van der Waals surface area contributed by atoms with Gasteiger partial charge in [-0.25, -0.2) is 9.97 Å². The minimum Gasteiger partial charge on any atom is -0.395 e. The molecule has 0 aromatic carbocycles. The first-order valence-corrected chi connectivity index (χ1v) is 9.35. The van der Waals surface area contributed by atoms with E-state index in [0.29, 0.717) is 5.92 Å². The Bertz CT molecular complexity index is 977. The highest BCUT2D eigenvalue weighted by Gasteiger charge is 2.26. The fourth-order valence-corrected chi connectivity index (χ4v) is 4.72. The quantitative estimate of drug-likeness (QED) is 0.771. The summed E-state index contributed by atoms with van der Waals surface area (Å²) >= 11 is 1.74. The van der Waals surface area contributed by atoms with Crippen LogP contribution in [0.2, 0.25) is 0 Å². The van der Waals surface area contributed by atoms with Gasteiger partial charge in [0.1, 0.15) is 10.7 Å². The number of fused-ring (bicyclic) bond motifs is 5. The van der Waals surface area contributed by atoms with Crippen molar-refractivity contribution in [3.63, 3.8) is 0 Å². The molecule has 1 aliphatic carbocycles. The number of aliphatic hydroxyl groups excluding tert-OH is 1. The van der Waals surface area contributed by atoms with E-state index in [2.05, 4.69) is 17.0 Å². The normalized spacial score (nSPS) is 17.2. The molecule has 0 aliphatic heterocycles. The molecule has 7 nitrogen and oxygen atoms in total. The Kier molecular flexibility index (Phi) is 3.96. The second-order valence-electron chi connectivity index (χ2n) is 6.81. The van der Waals surface area contributed by atoms with E-state index < -0.39 is 0 Å². The van der Waals surface area contributed by atoms with Crippen LogP contribution in [-0.2, 0) is 12.8 Å². The summed E-state index contributed by atoms with van der Waals surface area (Å²) in [5.74, 6) is 1.23. The van der Waals surface area contributed by atoms with Gasteiger partial charge in [0.2, 0.25) is 5.82 Å². The molecule has 8 heteroatoms. The fourth-order valence-electron chi connectivity index (χ4n) is 3.46. The van der Waals surface area contributed by atoms with Crippen molar-refractivity contribution in [2.24, 2.45) is 5.92 Å². The van der Waals surface area contributed by atoms with Crippen LogP contribution >= 0.6 is 11.3 Å². The molecule has 1 amide bonds. The molecule has 0 bridgehead atoms. The van der Waals surface area contributed by atoms with Gasteiger partial charge in [0, 0.05) is 18.5 Å². The average molecular weight is 359 g/mol. The molecule has 0 saturated carbocycles. The van der Waals surface area contributed by atoms with Crippen molar-refractivity contribution < 1.29 is 9.90 Å². The highest BCUT2D eigenvalue weighted by Crippen LogP contribution is 2.38.